The largest absolute Gasteiger partial charge is 0.493 e. The van der Waals surface area contributed by atoms with Crippen molar-refractivity contribution in [2.24, 2.45) is 5.73 Å². The van der Waals surface area contributed by atoms with Gasteiger partial charge in [0, 0.05) is 19.1 Å². The minimum absolute atomic E-state index is 0.0277. The molecule has 20 heavy (non-hydrogen) atoms. The van der Waals surface area contributed by atoms with Gasteiger partial charge in [0.05, 0.1) is 7.11 Å². The molecule has 0 bridgehead atoms. The first-order valence-electron chi connectivity index (χ1n) is 6.98. The highest BCUT2D eigenvalue weighted by Crippen LogP contribution is 2.29. The average molecular weight is 278 g/mol. The zero-order chi connectivity index (χ0) is 14.5. The van der Waals surface area contributed by atoms with Crippen LogP contribution in [0.4, 0.5) is 0 Å². The number of carbonyl (C=O) groups excluding carboxylic acids is 1. The van der Waals surface area contributed by atoms with Crippen molar-refractivity contribution < 1.29 is 14.3 Å². The Morgan fingerprint density at radius 2 is 2.15 bits per heavy atom. The third kappa shape index (κ3) is 3.42. The zero-order valence-electron chi connectivity index (χ0n) is 12.1. The van der Waals surface area contributed by atoms with Gasteiger partial charge in [0.1, 0.15) is 0 Å². The van der Waals surface area contributed by atoms with E-state index in [1.165, 1.54) is 0 Å². The van der Waals surface area contributed by atoms with Gasteiger partial charge in [-0.1, -0.05) is 6.07 Å². The summed E-state index contributed by atoms with van der Waals surface area (Å²) in [6, 6.07) is 5.92. The van der Waals surface area contributed by atoms with Gasteiger partial charge in [-0.15, -0.1) is 0 Å². The normalized spacial score (nSPS) is 13.9. The van der Waals surface area contributed by atoms with Crippen LogP contribution in [0, 0.1) is 0 Å². The number of methoxy groups -OCH3 is 1. The third-order valence-corrected chi connectivity index (χ3v) is 3.46. The smallest absolute Gasteiger partial charge is 0.260 e. The molecule has 5 nitrogen and oxygen atoms in total. The first kappa shape index (κ1) is 14.7. The lowest BCUT2D eigenvalue weighted by Crippen LogP contribution is -2.36. The van der Waals surface area contributed by atoms with E-state index in [1.807, 2.05) is 24.0 Å². The van der Waals surface area contributed by atoms with Crippen LogP contribution in [0.25, 0.3) is 0 Å². The van der Waals surface area contributed by atoms with Gasteiger partial charge in [-0.05, 0) is 37.5 Å². The summed E-state index contributed by atoms with van der Waals surface area (Å²) in [5.74, 6) is 1.21. The molecule has 0 radical (unpaired) electrons. The molecule has 2 N–H and O–H groups in total. The van der Waals surface area contributed by atoms with Crippen LogP contribution in [0.2, 0.25) is 0 Å². The molecule has 5 heteroatoms. The molecular formula is C15H22N2O3. The second-order valence-corrected chi connectivity index (χ2v) is 4.89. The Labute approximate surface area is 119 Å². The van der Waals surface area contributed by atoms with Crippen LogP contribution in [-0.4, -0.2) is 37.1 Å². The van der Waals surface area contributed by atoms with Gasteiger partial charge in [0.2, 0.25) is 0 Å². The Morgan fingerprint density at radius 3 is 2.70 bits per heavy atom. The number of likely N-dealkylation sites (N-methyl/N-ethyl adjacent to an activating group) is 1. The van der Waals surface area contributed by atoms with Crippen molar-refractivity contribution in [2.75, 3.05) is 20.3 Å². The second kappa shape index (κ2) is 6.61. The van der Waals surface area contributed by atoms with Crippen LogP contribution in [0.1, 0.15) is 25.3 Å². The van der Waals surface area contributed by atoms with E-state index >= 15 is 0 Å². The van der Waals surface area contributed by atoms with Crippen LogP contribution in [0.5, 0.6) is 11.5 Å². The highest BCUT2D eigenvalue weighted by atomic mass is 16.5. The molecule has 1 aromatic rings. The number of nitrogens with zero attached hydrogens (tertiary/aromatic N) is 1. The summed E-state index contributed by atoms with van der Waals surface area (Å²) >= 11 is 0. The fraction of sp³-hybridized carbons (Fsp3) is 0.533. The van der Waals surface area contributed by atoms with Crippen molar-refractivity contribution in [3.8, 4) is 11.5 Å². The first-order chi connectivity index (χ1) is 9.69. The van der Waals surface area contributed by atoms with Gasteiger partial charge < -0.3 is 20.1 Å². The molecule has 1 saturated carbocycles. The van der Waals surface area contributed by atoms with Gasteiger partial charge in [0.15, 0.2) is 18.1 Å². The van der Waals surface area contributed by atoms with Crippen LogP contribution in [0.3, 0.4) is 0 Å². The average Bonchev–Trinajstić information content (AvgIpc) is 3.30. The molecular weight excluding hydrogens is 256 g/mol. The summed E-state index contributed by atoms with van der Waals surface area (Å²) in [6.45, 7) is 3.21. The summed E-state index contributed by atoms with van der Waals surface area (Å²) in [4.78, 5) is 14.0. The Kier molecular flexibility index (Phi) is 4.84. The molecule has 0 atom stereocenters. The van der Waals surface area contributed by atoms with E-state index in [2.05, 4.69) is 0 Å². The quantitative estimate of drug-likeness (QED) is 0.821. The van der Waals surface area contributed by atoms with Crippen molar-refractivity contribution in [1.29, 1.82) is 0 Å². The lowest BCUT2D eigenvalue weighted by atomic mass is 10.2. The molecule has 0 unspecified atom stereocenters. The van der Waals surface area contributed by atoms with E-state index in [0.29, 0.717) is 24.1 Å². The van der Waals surface area contributed by atoms with Crippen LogP contribution in [-0.2, 0) is 11.3 Å². The molecule has 1 amide bonds. The van der Waals surface area contributed by atoms with E-state index in [9.17, 15) is 4.79 Å². The van der Waals surface area contributed by atoms with Crippen molar-refractivity contribution in [3.63, 3.8) is 0 Å². The Hall–Kier alpha value is -1.75. The summed E-state index contributed by atoms with van der Waals surface area (Å²) < 4.78 is 10.9. The van der Waals surface area contributed by atoms with Crippen molar-refractivity contribution >= 4 is 5.91 Å². The van der Waals surface area contributed by atoms with Gasteiger partial charge in [-0.2, -0.15) is 0 Å². The van der Waals surface area contributed by atoms with Gasteiger partial charge in [-0.25, -0.2) is 0 Å². The van der Waals surface area contributed by atoms with Crippen molar-refractivity contribution in [1.82, 2.24) is 4.90 Å². The molecule has 0 saturated heterocycles. The molecule has 0 spiro atoms. The SMILES string of the molecule is CCN(C(=O)COc1ccc(CN)cc1OC)C1CC1. The van der Waals surface area contributed by atoms with E-state index in [0.717, 1.165) is 24.9 Å². The van der Waals surface area contributed by atoms with Gasteiger partial charge >= 0.3 is 0 Å². The first-order valence-corrected chi connectivity index (χ1v) is 6.98. The van der Waals surface area contributed by atoms with Crippen molar-refractivity contribution in [2.45, 2.75) is 32.4 Å². The molecule has 0 heterocycles. The molecule has 1 aromatic carbocycles. The number of nitrogens with two attached hydrogens (primary N) is 1. The van der Waals surface area contributed by atoms with E-state index in [4.69, 9.17) is 15.2 Å². The number of hydrogen-bond donors (Lipinski definition) is 1. The highest BCUT2D eigenvalue weighted by molar-refractivity contribution is 5.78. The number of amides is 1. The van der Waals surface area contributed by atoms with E-state index < -0.39 is 0 Å². The molecule has 1 fully saturated rings. The molecule has 110 valence electrons. The van der Waals surface area contributed by atoms with Gasteiger partial charge in [0.25, 0.3) is 5.91 Å². The lowest BCUT2D eigenvalue weighted by Gasteiger charge is -2.20. The van der Waals surface area contributed by atoms with Crippen LogP contribution in [0.15, 0.2) is 18.2 Å². The summed E-state index contributed by atoms with van der Waals surface area (Å²) in [5, 5.41) is 0. The van der Waals surface area contributed by atoms with E-state index in [1.54, 1.807) is 13.2 Å². The van der Waals surface area contributed by atoms with Crippen molar-refractivity contribution in [3.05, 3.63) is 23.8 Å². The number of ether oxygens (including phenoxy) is 2. The summed E-state index contributed by atoms with van der Waals surface area (Å²) in [5.41, 5.74) is 6.55. The number of carbonyl (C=O) groups is 1. The zero-order valence-corrected chi connectivity index (χ0v) is 12.1. The fourth-order valence-electron chi connectivity index (χ4n) is 2.21. The Bertz CT molecular complexity index is 472. The maximum atomic E-state index is 12.1. The minimum atomic E-state index is 0.0277. The predicted octanol–water partition coefficient (Wildman–Crippen LogP) is 1.54. The highest BCUT2D eigenvalue weighted by Gasteiger charge is 2.31. The fourth-order valence-corrected chi connectivity index (χ4v) is 2.21. The monoisotopic (exact) mass is 278 g/mol. The van der Waals surface area contributed by atoms with Crippen LogP contribution < -0.4 is 15.2 Å². The summed E-state index contributed by atoms with van der Waals surface area (Å²) in [6.07, 6.45) is 2.21. The standard InChI is InChI=1S/C15H22N2O3/c1-3-17(12-5-6-12)15(18)10-20-13-7-4-11(9-16)8-14(13)19-2/h4,7-8,12H,3,5-6,9-10,16H2,1-2H3. The Balaban J connectivity index is 1.97. The molecule has 1 aliphatic rings. The topological polar surface area (TPSA) is 64.8 Å². The van der Waals surface area contributed by atoms with Crippen LogP contribution >= 0.6 is 0 Å². The summed E-state index contributed by atoms with van der Waals surface area (Å²) in [7, 11) is 1.58. The maximum Gasteiger partial charge on any atom is 0.260 e. The predicted molar refractivity (Wildman–Crippen MR) is 76.8 cm³/mol. The Morgan fingerprint density at radius 1 is 1.40 bits per heavy atom. The maximum absolute atomic E-state index is 12.1. The minimum Gasteiger partial charge on any atom is -0.493 e. The number of benzene rings is 1. The molecule has 0 aromatic heterocycles. The lowest BCUT2D eigenvalue weighted by molar-refractivity contribution is -0.133. The molecule has 1 aliphatic carbocycles. The number of rotatable bonds is 7. The third-order valence-electron chi connectivity index (χ3n) is 3.46. The number of hydrogen-bond acceptors (Lipinski definition) is 4. The van der Waals surface area contributed by atoms with Gasteiger partial charge in [-0.3, -0.25) is 4.79 Å². The second-order valence-electron chi connectivity index (χ2n) is 4.89. The molecule has 2 rings (SSSR count). The van der Waals surface area contributed by atoms with E-state index in [-0.39, 0.29) is 12.5 Å². The molecule has 0 aliphatic heterocycles.